The van der Waals surface area contributed by atoms with Gasteiger partial charge in [-0.3, -0.25) is 15.0 Å². The van der Waals surface area contributed by atoms with E-state index in [-0.39, 0.29) is 5.91 Å². The molecule has 0 bridgehead atoms. The molecule has 0 radical (unpaired) electrons. The molecule has 0 unspecified atom stereocenters. The Morgan fingerprint density at radius 3 is 2.74 bits per heavy atom. The molecule has 1 N–H and O–H groups in total. The zero-order valence-corrected chi connectivity index (χ0v) is 16.6. The van der Waals surface area contributed by atoms with Gasteiger partial charge in [-0.05, 0) is 31.4 Å². The molecule has 6 heteroatoms. The van der Waals surface area contributed by atoms with E-state index in [1.807, 2.05) is 36.4 Å². The van der Waals surface area contributed by atoms with Crippen molar-refractivity contribution in [2.75, 3.05) is 19.0 Å². The Kier molecular flexibility index (Phi) is 4.85. The summed E-state index contributed by atoms with van der Waals surface area (Å²) in [5, 5.41) is 5.48. The minimum Gasteiger partial charge on any atom is -0.496 e. The van der Waals surface area contributed by atoms with Crippen LogP contribution < -0.4 is 10.1 Å². The number of anilines is 1. The number of fused-ring (bicyclic) bond motifs is 2. The third kappa shape index (κ3) is 3.42. The first-order chi connectivity index (χ1) is 13.1. The maximum absolute atomic E-state index is 12.9. The van der Waals surface area contributed by atoms with Gasteiger partial charge < -0.3 is 4.74 Å². The van der Waals surface area contributed by atoms with Gasteiger partial charge in [0.15, 0.2) is 5.13 Å². The predicted octanol–water partition coefficient (Wildman–Crippen LogP) is 4.32. The number of rotatable bonds is 4. The first kappa shape index (κ1) is 17.9. The van der Waals surface area contributed by atoms with Gasteiger partial charge in [0.25, 0.3) is 5.91 Å². The molecule has 4 rings (SSSR count). The molecule has 1 aliphatic heterocycles. The first-order valence-corrected chi connectivity index (χ1v) is 9.98. The van der Waals surface area contributed by atoms with Crippen molar-refractivity contribution < 1.29 is 9.53 Å². The SMILES string of the molecule is COc1ccc(C(=O)Nc2nc3c(s2)CN(C(C)C)CC3)c2ccccc12. The number of methoxy groups -OCH3 is 1. The molecule has 5 nitrogen and oxygen atoms in total. The van der Waals surface area contributed by atoms with Crippen LogP contribution in [0.4, 0.5) is 5.13 Å². The number of nitrogens with zero attached hydrogens (tertiary/aromatic N) is 2. The third-order valence-corrected chi connectivity index (χ3v) is 6.06. The van der Waals surface area contributed by atoms with Crippen molar-refractivity contribution in [3.8, 4) is 5.75 Å². The molecular weight excluding hydrogens is 358 g/mol. The summed E-state index contributed by atoms with van der Waals surface area (Å²) in [6.07, 6.45) is 0.936. The van der Waals surface area contributed by atoms with Crippen molar-refractivity contribution in [3.63, 3.8) is 0 Å². The zero-order valence-electron chi connectivity index (χ0n) is 15.8. The molecule has 0 spiro atoms. The summed E-state index contributed by atoms with van der Waals surface area (Å²) in [5.41, 5.74) is 1.75. The molecule has 0 saturated carbocycles. The maximum Gasteiger partial charge on any atom is 0.258 e. The number of benzene rings is 2. The number of hydrogen-bond acceptors (Lipinski definition) is 5. The number of ether oxygens (including phenoxy) is 1. The van der Waals surface area contributed by atoms with Crippen LogP contribution in [0.1, 0.15) is 34.8 Å². The van der Waals surface area contributed by atoms with E-state index in [1.54, 1.807) is 18.4 Å². The van der Waals surface area contributed by atoms with Crippen molar-refractivity contribution in [3.05, 3.63) is 52.5 Å². The van der Waals surface area contributed by atoms with Gasteiger partial charge in [-0.2, -0.15) is 0 Å². The van der Waals surface area contributed by atoms with Gasteiger partial charge in [-0.25, -0.2) is 4.98 Å². The van der Waals surface area contributed by atoms with Crippen LogP contribution in [0.5, 0.6) is 5.75 Å². The fraction of sp³-hybridized carbons (Fsp3) is 0.333. The van der Waals surface area contributed by atoms with E-state index < -0.39 is 0 Å². The summed E-state index contributed by atoms with van der Waals surface area (Å²) < 4.78 is 5.42. The second-order valence-electron chi connectivity index (χ2n) is 7.02. The van der Waals surface area contributed by atoms with Crippen LogP contribution in [0.2, 0.25) is 0 Å². The topological polar surface area (TPSA) is 54.5 Å². The van der Waals surface area contributed by atoms with E-state index in [9.17, 15) is 4.79 Å². The van der Waals surface area contributed by atoms with Crippen LogP contribution in [-0.4, -0.2) is 35.5 Å². The summed E-state index contributed by atoms with van der Waals surface area (Å²) in [7, 11) is 1.64. The van der Waals surface area contributed by atoms with Gasteiger partial charge in [0.2, 0.25) is 0 Å². The minimum atomic E-state index is -0.138. The van der Waals surface area contributed by atoms with Gasteiger partial charge in [-0.1, -0.05) is 24.3 Å². The van der Waals surface area contributed by atoms with Gasteiger partial charge in [0, 0.05) is 41.4 Å². The summed E-state index contributed by atoms with van der Waals surface area (Å²) in [4.78, 5) is 21.3. The van der Waals surface area contributed by atoms with E-state index in [0.29, 0.717) is 16.7 Å². The third-order valence-electron chi connectivity index (χ3n) is 5.06. The highest BCUT2D eigenvalue weighted by molar-refractivity contribution is 7.15. The van der Waals surface area contributed by atoms with E-state index in [1.165, 1.54) is 4.88 Å². The van der Waals surface area contributed by atoms with Crippen LogP contribution in [0, 0.1) is 0 Å². The average Bonchev–Trinajstić information content (AvgIpc) is 3.08. The van der Waals surface area contributed by atoms with E-state index in [4.69, 9.17) is 4.74 Å². The molecule has 0 saturated heterocycles. The molecule has 2 aromatic carbocycles. The summed E-state index contributed by atoms with van der Waals surface area (Å²) in [6, 6.07) is 12.0. The normalized spacial score (nSPS) is 14.4. The van der Waals surface area contributed by atoms with Crippen molar-refractivity contribution in [1.29, 1.82) is 0 Å². The van der Waals surface area contributed by atoms with Crippen LogP contribution in [0.25, 0.3) is 10.8 Å². The molecule has 0 fully saturated rings. The smallest absolute Gasteiger partial charge is 0.258 e. The highest BCUT2D eigenvalue weighted by Crippen LogP contribution is 2.31. The van der Waals surface area contributed by atoms with Crippen LogP contribution in [-0.2, 0) is 13.0 Å². The Hall–Kier alpha value is -2.44. The fourth-order valence-corrected chi connectivity index (χ4v) is 4.55. The van der Waals surface area contributed by atoms with Gasteiger partial charge in [0.05, 0.1) is 12.8 Å². The molecule has 3 aromatic rings. The highest BCUT2D eigenvalue weighted by Gasteiger charge is 2.23. The highest BCUT2D eigenvalue weighted by atomic mass is 32.1. The standard InChI is InChI=1S/C21H23N3O2S/c1-13(2)24-11-10-17-19(12-24)27-21(22-17)23-20(25)16-8-9-18(26-3)15-7-5-4-6-14(15)16/h4-9,13H,10-12H2,1-3H3,(H,22,23,25). The number of carbonyl (C=O) groups is 1. The monoisotopic (exact) mass is 381 g/mol. The Morgan fingerprint density at radius 2 is 2.00 bits per heavy atom. The Bertz CT molecular complexity index is 996. The molecule has 1 aliphatic rings. The lowest BCUT2D eigenvalue weighted by Gasteiger charge is -2.29. The van der Waals surface area contributed by atoms with Gasteiger partial charge in [-0.15, -0.1) is 11.3 Å². The Balaban J connectivity index is 1.60. The van der Waals surface area contributed by atoms with Crippen LogP contribution in [0.15, 0.2) is 36.4 Å². The lowest BCUT2D eigenvalue weighted by atomic mass is 10.0. The van der Waals surface area contributed by atoms with Gasteiger partial charge >= 0.3 is 0 Å². The van der Waals surface area contributed by atoms with E-state index in [2.05, 4.69) is 29.0 Å². The van der Waals surface area contributed by atoms with Crippen molar-refractivity contribution >= 4 is 33.1 Å². The summed E-state index contributed by atoms with van der Waals surface area (Å²) in [6.45, 7) is 6.35. The number of hydrogen-bond donors (Lipinski definition) is 1. The molecule has 27 heavy (non-hydrogen) atoms. The van der Waals surface area contributed by atoms with Crippen molar-refractivity contribution in [2.24, 2.45) is 0 Å². The second-order valence-corrected chi connectivity index (χ2v) is 8.10. The zero-order chi connectivity index (χ0) is 19.0. The Morgan fingerprint density at radius 1 is 1.22 bits per heavy atom. The van der Waals surface area contributed by atoms with Crippen LogP contribution >= 0.6 is 11.3 Å². The second kappa shape index (κ2) is 7.29. The average molecular weight is 382 g/mol. The molecule has 0 atom stereocenters. The number of aromatic nitrogens is 1. The minimum absolute atomic E-state index is 0.138. The fourth-order valence-electron chi connectivity index (χ4n) is 3.52. The van der Waals surface area contributed by atoms with Crippen molar-refractivity contribution in [1.82, 2.24) is 9.88 Å². The lowest BCUT2D eigenvalue weighted by molar-refractivity contribution is 0.102. The van der Waals surface area contributed by atoms with E-state index in [0.717, 1.165) is 41.7 Å². The molecular formula is C21H23N3O2S. The van der Waals surface area contributed by atoms with Crippen molar-refractivity contribution in [2.45, 2.75) is 32.9 Å². The number of carbonyl (C=O) groups excluding carboxylic acids is 1. The number of thiazole rings is 1. The Labute approximate surface area is 163 Å². The molecule has 1 amide bonds. The van der Waals surface area contributed by atoms with E-state index >= 15 is 0 Å². The molecule has 140 valence electrons. The first-order valence-electron chi connectivity index (χ1n) is 9.16. The summed E-state index contributed by atoms with van der Waals surface area (Å²) in [5.74, 6) is 0.626. The predicted molar refractivity (Wildman–Crippen MR) is 110 cm³/mol. The lowest BCUT2D eigenvalue weighted by Crippen LogP contribution is -2.35. The molecule has 1 aromatic heterocycles. The number of nitrogens with one attached hydrogen (secondary N) is 1. The van der Waals surface area contributed by atoms with Crippen LogP contribution in [0.3, 0.4) is 0 Å². The molecule has 0 aliphatic carbocycles. The molecule has 2 heterocycles. The largest absolute Gasteiger partial charge is 0.496 e. The number of amides is 1. The maximum atomic E-state index is 12.9. The quantitative estimate of drug-likeness (QED) is 0.731. The van der Waals surface area contributed by atoms with Gasteiger partial charge in [0.1, 0.15) is 5.75 Å². The summed E-state index contributed by atoms with van der Waals surface area (Å²) >= 11 is 1.58.